The van der Waals surface area contributed by atoms with Crippen molar-refractivity contribution in [3.8, 4) is 28.3 Å². The number of carbonyl (C=O) groups is 3. The summed E-state index contributed by atoms with van der Waals surface area (Å²) < 4.78 is 1.78. The van der Waals surface area contributed by atoms with E-state index in [0.29, 0.717) is 18.4 Å². The molecule has 2 atom stereocenters. The summed E-state index contributed by atoms with van der Waals surface area (Å²) in [6, 6.07) is 18.0. The monoisotopic (exact) mass is 514 g/mol. The minimum absolute atomic E-state index is 0.0488. The summed E-state index contributed by atoms with van der Waals surface area (Å²) in [5, 5.41) is 23.6. The van der Waals surface area contributed by atoms with Gasteiger partial charge < -0.3 is 20.3 Å². The molecule has 3 aromatic rings. The second-order valence-electron chi connectivity index (χ2n) is 10.3. The van der Waals surface area contributed by atoms with Gasteiger partial charge in [-0.15, -0.1) is 0 Å². The zero-order valence-corrected chi connectivity index (χ0v) is 22.2. The molecule has 0 saturated carbocycles. The van der Waals surface area contributed by atoms with Crippen molar-refractivity contribution in [3.05, 3.63) is 72.6 Å². The standard InChI is InChI=1S/C30H34N4O4/c1-30(2,3)27(29(38)32-4)33-28(37)25(6-5-7-26(35)36)34-17-16-24(19-34)23-14-12-22(13-15-23)21-10-8-20(18-31)9-11-21/h8-17,19,25,27H,5-7H2,1-4H3,(H,32,38)(H,33,37)(H,35,36)/t25-,27-/m1/s1. The highest BCUT2D eigenvalue weighted by Crippen LogP contribution is 2.28. The number of hydrogen-bond acceptors (Lipinski definition) is 4. The first-order valence-electron chi connectivity index (χ1n) is 12.6. The Balaban J connectivity index is 1.84. The average Bonchev–Trinajstić information content (AvgIpc) is 3.38. The van der Waals surface area contributed by atoms with Gasteiger partial charge in [-0.25, -0.2) is 0 Å². The average molecular weight is 515 g/mol. The third-order valence-corrected chi connectivity index (χ3v) is 6.47. The molecule has 38 heavy (non-hydrogen) atoms. The van der Waals surface area contributed by atoms with Crippen molar-refractivity contribution in [2.45, 2.75) is 52.1 Å². The van der Waals surface area contributed by atoms with E-state index in [1.54, 1.807) is 22.9 Å². The summed E-state index contributed by atoms with van der Waals surface area (Å²) in [5.41, 5.74) is 3.99. The van der Waals surface area contributed by atoms with Crippen molar-refractivity contribution in [2.24, 2.45) is 5.41 Å². The van der Waals surface area contributed by atoms with Crippen LogP contribution in [0, 0.1) is 16.7 Å². The fourth-order valence-electron chi connectivity index (χ4n) is 4.29. The molecular formula is C30H34N4O4. The van der Waals surface area contributed by atoms with Crippen LogP contribution in [0.3, 0.4) is 0 Å². The van der Waals surface area contributed by atoms with Crippen molar-refractivity contribution in [3.63, 3.8) is 0 Å². The van der Waals surface area contributed by atoms with E-state index in [2.05, 4.69) is 16.7 Å². The van der Waals surface area contributed by atoms with Crippen LogP contribution in [0.4, 0.5) is 0 Å². The fourth-order valence-corrected chi connectivity index (χ4v) is 4.29. The molecule has 0 unspecified atom stereocenters. The molecule has 0 saturated heterocycles. The van der Waals surface area contributed by atoms with E-state index in [1.165, 1.54) is 7.05 Å². The molecule has 3 rings (SSSR count). The van der Waals surface area contributed by atoms with Crippen LogP contribution in [0.15, 0.2) is 67.0 Å². The van der Waals surface area contributed by atoms with Crippen molar-refractivity contribution < 1.29 is 19.5 Å². The Hall–Kier alpha value is -4.38. The van der Waals surface area contributed by atoms with Crippen molar-refractivity contribution in [1.82, 2.24) is 15.2 Å². The Morgan fingerprint density at radius 1 is 0.921 bits per heavy atom. The Kier molecular flexibility index (Phi) is 9.08. The number of carbonyl (C=O) groups excluding carboxylic acids is 2. The van der Waals surface area contributed by atoms with Crippen LogP contribution in [0.1, 0.15) is 51.6 Å². The van der Waals surface area contributed by atoms with E-state index in [-0.39, 0.29) is 18.2 Å². The number of nitriles is 1. The summed E-state index contributed by atoms with van der Waals surface area (Å²) in [7, 11) is 1.53. The molecule has 8 nitrogen and oxygen atoms in total. The highest BCUT2D eigenvalue weighted by Gasteiger charge is 2.34. The summed E-state index contributed by atoms with van der Waals surface area (Å²) in [6.07, 6.45) is 4.26. The minimum Gasteiger partial charge on any atom is -0.481 e. The largest absolute Gasteiger partial charge is 0.481 e. The van der Waals surface area contributed by atoms with Crippen LogP contribution < -0.4 is 10.6 Å². The summed E-state index contributed by atoms with van der Waals surface area (Å²) in [4.78, 5) is 37.0. The van der Waals surface area contributed by atoms with Gasteiger partial charge in [-0.3, -0.25) is 14.4 Å². The van der Waals surface area contributed by atoms with E-state index < -0.39 is 23.5 Å². The zero-order chi connectivity index (χ0) is 27.9. The molecule has 2 amide bonds. The molecule has 1 aromatic heterocycles. The van der Waals surface area contributed by atoms with Gasteiger partial charge in [-0.2, -0.15) is 5.26 Å². The van der Waals surface area contributed by atoms with Crippen LogP contribution in [0.2, 0.25) is 0 Å². The number of carboxylic acids is 1. The smallest absolute Gasteiger partial charge is 0.303 e. The lowest BCUT2D eigenvalue weighted by Crippen LogP contribution is -2.54. The van der Waals surface area contributed by atoms with Crippen molar-refractivity contribution >= 4 is 17.8 Å². The van der Waals surface area contributed by atoms with Gasteiger partial charge in [0, 0.05) is 25.9 Å². The van der Waals surface area contributed by atoms with Gasteiger partial charge in [0.05, 0.1) is 11.6 Å². The van der Waals surface area contributed by atoms with E-state index in [0.717, 1.165) is 22.3 Å². The molecule has 1 heterocycles. The number of aromatic nitrogens is 1. The van der Waals surface area contributed by atoms with E-state index in [9.17, 15) is 14.4 Å². The van der Waals surface area contributed by atoms with Crippen molar-refractivity contribution in [1.29, 1.82) is 5.26 Å². The van der Waals surface area contributed by atoms with Crippen LogP contribution >= 0.6 is 0 Å². The summed E-state index contributed by atoms with van der Waals surface area (Å²) in [5.74, 6) is -1.54. The lowest BCUT2D eigenvalue weighted by atomic mass is 9.86. The molecule has 3 N–H and O–H groups in total. The van der Waals surface area contributed by atoms with Gasteiger partial charge in [0.2, 0.25) is 11.8 Å². The van der Waals surface area contributed by atoms with Gasteiger partial charge >= 0.3 is 5.97 Å². The van der Waals surface area contributed by atoms with Crippen LogP contribution in [0.5, 0.6) is 0 Å². The minimum atomic E-state index is -0.919. The lowest BCUT2D eigenvalue weighted by molar-refractivity contribution is -0.137. The van der Waals surface area contributed by atoms with Gasteiger partial charge in [0.1, 0.15) is 12.1 Å². The number of nitrogens with zero attached hydrogens (tertiary/aromatic N) is 2. The third kappa shape index (κ3) is 7.10. The molecule has 0 aliphatic rings. The third-order valence-electron chi connectivity index (χ3n) is 6.47. The SMILES string of the molecule is CNC(=O)[C@@H](NC(=O)[C@@H](CCCC(=O)O)n1ccc(-c2ccc(-c3ccc(C#N)cc3)cc2)c1)C(C)(C)C. The Bertz CT molecular complexity index is 1310. The molecule has 0 aliphatic carbocycles. The zero-order valence-electron chi connectivity index (χ0n) is 22.2. The molecule has 198 valence electrons. The molecule has 2 aromatic carbocycles. The number of nitrogens with one attached hydrogen (secondary N) is 2. The quantitative estimate of drug-likeness (QED) is 0.360. The normalized spacial score (nSPS) is 12.7. The number of benzene rings is 2. The van der Waals surface area contributed by atoms with E-state index >= 15 is 0 Å². The Morgan fingerprint density at radius 3 is 1.97 bits per heavy atom. The van der Waals surface area contributed by atoms with Crippen LogP contribution in [-0.4, -0.2) is 40.5 Å². The fraction of sp³-hybridized carbons (Fsp3) is 0.333. The van der Waals surface area contributed by atoms with Crippen LogP contribution in [-0.2, 0) is 14.4 Å². The highest BCUT2D eigenvalue weighted by molar-refractivity contribution is 5.89. The number of aliphatic carboxylic acids is 1. The highest BCUT2D eigenvalue weighted by atomic mass is 16.4. The van der Waals surface area contributed by atoms with E-state index in [1.807, 2.05) is 69.4 Å². The predicted molar refractivity (Wildman–Crippen MR) is 146 cm³/mol. The number of likely N-dealkylation sites (N-methyl/N-ethyl adjacent to an activating group) is 1. The van der Waals surface area contributed by atoms with Crippen molar-refractivity contribution in [2.75, 3.05) is 7.05 Å². The first-order chi connectivity index (χ1) is 18.0. The Labute approximate surface area is 223 Å². The number of hydrogen-bond donors (Lipinski definition) is 3. The maximum Gasteiger partial charge on any atom is 0.303 e. The van der Waals surface area contributed by atoms with Gasteiger partial charge in [-0.1, -0.05) is 57.2 Å². The topological polar surface area (TPSA) is 124 Å². The molecule has 0 spiro atoms. The Morgan fingerprint density at radius 2 is 1.47 bits per heavy atom. The summed E-state index contributed by atoms with van der Waals surface area (Å²) in [6.45, 7) is 5.63. The molecule has 0 aliphatic heterocycles. The maximum absolute atomic E-state index is 13.4. The molecule has 0 radical (unpaired) electrons. The first kappa shape index (κ1) is 28.2. The number of amides is 2. The maximum atomic E-state index is 13.4. The molecule has 8 heteroatoms. The number of rotatable bonds is 10. The van der Waals surface area contributed by atoms with E-state index in [4.69, 9.17) is 10.4 Å². The summed E-state index contributed by atoms with van der Waals surface area (Å²) >= 11 is 0. The second-order valence-corrected chi connectivity index (χ2v) is 10.3. The molecule has 0 bridgehead atoms. The molecular weight excluding hydrogens is 480 g/mol. The van der Waals surface area contributed by atoms with Gasteiger partial charge in [0.25, 0.3) is 0 Å². The first-order valence-corrected chi connectivity index (χ1v) is 12.6. The predicted octanol–water partition coefficient (Wildman–Crippen LogP) is 4.77. The second kappa shape index (κ2) is 12.2. The van der Waals surface area contributed by atoms with Crippen LogP contribution in [0.25, 0.3) is 22.3 Å². The molecule has 0 fully saturated rings. The lowest BCUT2D eigenvalue weighted by Gasteiger charge is -2.31. The number of carboxylic acid groups (broad SMARTS) is 1. The van der Waals surface area contributed by atoms with Gasteiger partial charge in [0.15, 0.2) is 0 Å². The van der Waals surface area contributed by atoms with Gasteiger partial charge in [-0.05, 0) is 58.7 Å².